The molecule has 0 radical (unpaired) electrons. The molecule has 2 aromatic carbocycles. The van der Waals surface area contributed by atoms with Crippen LogP contribution in [0.15, 0.2) is 30.5 Å². The number of terminal acetylenes is 1. The van der Waals surface area contributed by atoms with E-state index in [4.69, 9.17) is 20.9 Å². The van der Waals surface area contributed by atoms with Crippen LogP contribution in [0.1, 0.15) is 57.9 Å². The van der Waals surface area contributed by atoms with Crippen LogP contribution in [-0.4, -0.2) is 70.3 Å². The fourth-order valence-corrected chi connectivity index (χ4v) is 7.21. The monoisotopic (exact) mass is 658 g/mol. The molecular weight excluding hydrogens is 621 g/mol. The third-order valence-corrected chi connectivity index (χ3v) is 9.62. The van der Waals surface area contributed by atoms with Gasteiger partial charge in [-0.05, 0) is 55.8 Å². The number of esters is 1. The highest BCUT2D eigenvalue weighted by atomic mass is 19.1. The molecule has 250 valence electrons. The maximum absolute atomic E-state index is 17.0. The number of hydrogen-bond acceptors (Lipinski definition) is 9. The summed E-state index contributed by atoms with van der Waals surface area (Å²) in [6.45, 7) is 6.06. The van der Waals surface area contributed by atoms with Crippen LogP contribution in [0.2, 0.25) is 0 Å². The lowest BCUT2D eigenvalue weighted by Crippen LogP contribution is -2.43. The summed E-state index contributed by atoms with van der Waals surface area (Å²) < 4.78 is 58.3. The van der Waals surface area contributed by atoms with Crippen molar-refractivity contribution in [1.82, 2.24) is 25.3 Å². The Balaban J connectivity index is 1.39. The number of nitrogens with one attached hydrogen (secondary N) is 1. The van der Waals surface area contributed by atoms with Crippen molar-refractivity contribution in [2.45, 2.75) is 64.1 Å². The first-order valence-corrected chi connectivity index (χ1v) is 16.5. The molecule has 0 aliphatic carbocycles. The molecular formula is C36H37F3N6O3. The van der Waals surface area contributed by atoms with Crippen LogP contribution in [-0.2, 0) is 4.79 Å². The normalized spacial score (nSPS) is 21.4. The van der Waals surface area contributed by atoms with E-state index in [9.17, 15) is 9.18 Å². The number of pyridine rings is 1. The summed E-state index contributed by atoms with van der Waals surface area (Å²) in [6, 6.07) is 5.68. The van der Waals surface area contributed by atoms with E-state index >= 15 is 8.78 Å². The van der Waals surface area contributed by atoms with Crippen LogP contribution in [0.5, 0.6) is 11.8 Å². The molecule has 0 unspecified atom stereocenters. The Morgan fingerprint density at radius 3 is 2.83 bits per heavy atom. The van der Waals surface area contributed by atoms with E-state index in [1.54, 1.807) is 19.9 Å². The van der Waals surface area contributed by atoms with Gasteiger partial charge >= 0.3 is 12.0 Å². The van der Waals surface area contributed by atoms with Gasteiger partial charge in [-0.15, -0.1) is 6.42 Å². The smallest absolute Gasteiger partial charge is 0.319 e. The maximum Gasteiger partial charge on any atom is 0.319 e. The summed E-state index contributed by atoms with van der Waals surface area (Å²) in [6.07, 6.45) is 11.3. The summed E-state index contributed by atoms with van der Waals surface area (Å²) in [5.74, 6) is 0.559. The first-order valence-electron chi connectivity index (χ1n) is 16.5. The quantitative estimate of drug-likeness (QED) is 0.143. The van der Waals surface area contributed by atoms with Crippen molar-refractivity contribution < 1.29 is 27.4 Å². The third-order valence-electron chi connectivity index (χ3n) is 9.62. The molecule has 2 aromatic heterocycles. The zero-order chi connectivity index (χ0) is 33.6. The van der Waals surface area contributed by atoms with Crippen molar-refractivity contribution in [1.29, 1.82) is 0 Å². The number of hydrazine groups is 1. The fraction of sp³-hybridized carbons (Fsp3) is 0.444. The van der Waals surface area contributed by atoms with Crippen molar-refractivity contribution in [3.8, 4) is 35.4 Å². The number of nitrogens with zero attached hydrogens (tertiary/aromatic N) is 5. The third kappa shape index (κ3) is 5.79. The van der Waals surface area contributed by atoms with Crippen LogP contribution in [0, 0.1) is 29.9 Å². The van der Waals surface area contributed by atoms with Gasteiger partial charge in [-0.25, -0.2) is 18.6 Å². The van der Waals surface area contributed by atoms with Gasteiger partial charge in [0.25, 0.3) is 0 Å². The van der Waals surface area contributed by atoms with Crippen LogP contribution in [0.25, 0.3) is 32.9 Å². The van der Waals surface area contributed by atoms with E-state index in [-0.39, 0.29) is 46.1 Å². The molecule has 3 fully saturated rings. The van der Waals surface area contributed by atoms with E-state index < -0.39 is 35.2 Å². The van der Waals surface area contributed by atoms with E-state index in [2.05, 4.69) is 26.2 Å². The van der Waals surface area contributed by atoms with E-state index in [1.807, 2.05) is 5.01 Å². The Kier molecular flexibility index (Phi) is 8.60. The molecule has 1 N–H and O–H groups in total. The molecule has 9 nitrogen and oxygen atoms in total. The molecule has 0 saturated carbocycles. The van der Waals surface area contributed by atoms with Gasteiger partial charge in [0.2, 0.25) is 0 Å². The van der Waals surface area contributed by atoms with Gasteiger partial charge in [-0.2, -0.15) is 9.97 Å². The number of hydrogen-bond donors (Lipinski definition) is 1. The van der Waals surface area contributed by atoms with Gasteiger partial charge < -0.3 is 9.47 Å². The molecule has 12 heteroatoms. The van der Waals surface area contributed by atoms with Gasteiger partial charge in [-0.3, -0.25) is 19.7 Å². The number of anilines is 1. The van der Waals surface area contributed by atoms with Gasteiger partial charge in [-0.1, -0.05) is 32.3 Å². The minimum atomic E-state index is -0.933. The zero-order valence-corrected chi connectivity index (χ0v) is 27.0. The highest BCUT2D eigenvalue weighted by Crippen LogP contribution is 2.42. The minimum Gasteiger partial charge on any atom is -0.461 e. The molecule has 0 amide bonds. The maximum atomic E-state index is 17.0. The highest BCUT2D eigenvalue weighted by Gasteiger charge is 2.49. The first-order chi connectivity index (χ1) is 23.2. The van der Waals surface area contributed by atoms with Crippen molar-refractivity contribution in [3.05, 3.63) is 47.7 Å². The average molecular weight is 659 g/mol. The Labute approximate surface area is 276 Å². The summed E-state index contributed by atoms with van der Waals surface area (Å²) in [4.78, 5) is 28.5. The fourth-order valence-electron chi connectivity index (χ4n) is 7.21. The molecule has 7 rings (SSSR count). The average Bonchev–Trinajstić information content (AvgIpc) is 3.45. The second kappa shape index (κ2) is 12.9. The predicted octanol–water partition coefficient (Wildman–Crippen LogP) is 6.12. The molecule has 48 heavy (non-hydrogen) atoms. The number of benzene rings is 2. The lowest BCUT2D eigenvalue weighted by Gasteiger charge is -2.31. The summed E-state index contributed by atoms with van der Waals surface area (Å²) in [5.41, 5.74) is 2.76. The summed E-state index contributed by atoms with van der Waals surface area (Å²) in [5, 5.41) is 2.90. The molecule has 0 spiro atoms. The van der Waals surface area contributed by atoms with Crippen molar-refractivity contribution in [2.24, 2.45) is 5.92 Å². The molecule has 5 heterocycles. The Hall–Kier alpha value is -4.47. The first kappa shape index (κ1) is 32.1. The van der Waals surface area contributed by atoms with Crippen molar-refractivity contribution in [3.63, 3.8) is 0 Å². The number of ether oxygens (including phenoxy) is 2. The standard InChI is InChI=1S/C36H37F3N6O3/c1-4-25-28(38)10-9-22-15-24(48-34(46)21(2)3)16-26(29(22)25)31-30(39)32-27(18-40-31)33(45-14-7-5-6-12-41-45)43-35(42-32)47-20-36-11-8-13-44(36)19-23(37)17-36/h1,9-10,15-16,18,21,23,41H,5-8,11-14,17,19-20H2,2-3H3/t23-,36+/m1/s1. The molecule has 3 aliphatic heterocycles. The zero-order valence-electron chi connectivity index (χ0n) is 27.0. The Morgan fingerprint density at radius 2 is 2.02 bits per heavy atom. The lowest BCUT2D eigenvalue weighted by atomic mass is 9.95. The van der Waals surface area contributed by atoms with Crippen LogP contribution in [0.4, 0.5) is 19.0 Å². The number of carbonyl (C=O) groups is 1. The van der Waals surface area contributed by atoms with E-state index in [0.29, 0.717) is 42.6 Å². The Bertz CT molecular complexity index is 1940. The molecule has 0 bridgehead atoms. The molecule has 3 saturated heterocycles. The SMILES string of the molecule is C#Cc1c(F)ccc2cc(OC(=O)C(C)C)cc(-c3ncc4c(N5CCCCCN5)nc(OC[C@@]56CCCN5C[C@H](F)C6)nc4c3F)c12. The Morgan fingerprint density at radius 1 is 1.17 bits per heavy atom. The molecule has 3 aliphatic rings. The second-order valence-electron chi connectivity index (χ2n) is 13.2. The molecule has 2 atom stereocenters. The lowest BCUT2D eigenvalue weighted by molar-refractivity contribution is -0.137. The van der Waals surface area contributed by atoms with Crippen LogP contribution < -0.4 is 19.9 Å². The number of carbonyl (C=O) groups excluding carboxylic acids is 1. The van der Waals surface area contributed by atoms with Crippen molar-refractivity contribution >= 4 is 33.5 Å². The predicted molar refractivity (Wildman–Crippen MR) is 176 cm³/mol. The van der Waals surface area contributed by atoms with Crippen LogP contribution in [0.3, 0.4) is 0 Å². The van der Waals surface area contributed by atoms with Gasteiger partial charge in [0.05, 0.1) is 22.4 Å². The second-order valence-corrected chi connectivity index (χ2v) is 13.2. The van der Waals surface area contributed by atoms with Crippen molar-refractivity contribution in [2.75, 3.05) is 37.8 Å². The summed E-state index contributed by atoms with van der Waals surface area (Å²) in [7, 11) is 0. The van der Waals surface area contributed by atoms with E-state index in [1.165, 1.54) is 24.4 Å². The van der Waals surface area contributed by atoms with Crippen LogP contribution >= 0.6 is 0 Å². The molecule has 4 aromatic rings. The largest absolute Gasteiger partial charge is 0.461 e. The summed E-state index contributed by atoms with van der Waals surface area (Å²) >= 11 is 0. The minimum absolute atomic E-state index is 0.0389. The highest BCUT2D eigenvalue weighted by molar-refractivity contribution is 6.03. The van der Waals surface area contributed by atoms with Gasteiger partial charge in [0.15, 0.2) is 11.6 Å². The number of aromatic nitrogens is 3. The topological polar surface area (TPSA) is 92.7 Å². The number of halogens is 3. The van der Waals surface area contributed by atoms with Gasteiger partial charge in [0.1, 0.15) is 35.6 Å². The van der Waals surface area contributed by atoms with Gasteiger partial charge in [0, 0.05) is 43.2 Å². The van der Waals surface area contributed by atoms with E-state index in [0.717, 1.165) is 38.6 Å². The number of fused-ring (bicyclic) bond motifs is 3. The number of rotatable bonds is 7. The number of alkyl halides is 1.